The lowest BCUT2D eigenvalue weighted by Crippen LogP contribution is -3.59. The molecule has 0 N–H and O–H groups in total. The van der Waals surface area contributed by atoms with Crippen molar-refractivity contribution in [1.29, 1.82) is 0 Å². The molecule has 0 spiro atoms. The predicted molar refractivity (Wildman–Crippen MR) is 63.4 cm³/mol. The van der Waals surface area contributed by atoms with Crippen LogP contribution in [0.15, 0.2) is 30.3 Å². The molecular weight excluding hydrogens is 351 g/mol. The number of rotatable bonds is 1. The van der Waals surface area contributed by atoms with Crippen LogP contribution in [0.1, 0.15) is 13.8 Å². The minimum atomic E-state index is -3.92. The number of benzene rings is 1. The average molecular weight is 366 g/mol. The third-order valence-electron chi connectivity index (χ3n) is 1.23. The summed E-state index contributed by atoms with van der Waals surface area (Å²) < 4.78 is 31.9. The highest BCUT2D eigenvalue weighted by molar-refractivity contribution is 7.84. The molecule has 0 saturated carbocycles. The first kappa shape index (κ1) is 16.4. The van der Waals surface area contributed by atoms with Crippen molar-refractivity contribution < 1.29 is 34.2 Å². The van der Waals surface area contributed by atoms with E-state index < -0.39 is 10.1 Å². The quantitative estimate of drug-likeness (QED) is 0.354. The van der Waals surface area contributed by atoms with E-state index in [1.807, 2.05) is 6.07 Å². The molecule has 0 saturated heterocycles. The zero-order valence-electron chi connectivity index (χ0n) is 9.98. The monoisotopic (exact) mass is 366 g/mol. The van der Waals surface area contributed by atoms with Gasteiger partial charge in [0.05, 0.1) is 10.1 Å². The summed E-state index contributed by atoms with van der Waals surface area (Å²) in [5.74, 6) is 3.70. The van der Waals surface area contributed by atoms with Crippen LogP contribution in [0.25, 0.3) is 0 Å². The van der Waals surface area contributed by atoms with Gasteiger partial charge in [0, 0.05) is 12.2 Å². The van der Waals surface area contributed by atoms with Crippen LogP contribution in [-0.2, 0) is 10.1 Å². The van der Waals surface area contributed by atoms with Crippen LogP contribution in [0.3, 0.4) is 0 Å². The van der Waals surface area contributed by atoms with Gasteiger partial charge in [-0.15, -0.1) is 0 Å². The van der Waals surface area contributed by atoms with Crippen molar-refractivity contribution in [3.8, 4) is 9.85 Å². The molecule has 0 aliphatic rings. The highest BCUT2D eigenvalue weighted by Crippen LogP contribution is 1.83. The van der Waals surface area contributed by atoms with Gasteiger partial charge in [-0.25, -0.2) is 8.42 Å². The maximum absolute atomic E-state index is 9.08. The van der Waals surface area contributed by atoms with Gasteiger partial charge in [0.15, 0.2) is 3.93 Å². The van der Waals surface area contributed by atoms with Crippen LogP contribution in [0, 0.1) is 19.3 Å². The molecule has 0 bridgehead atoms. The van der Waals surface area contributed by atoms with Gasteiger partial charge in [-0.2, -0.15) is 0 Å². The normalized spacial score (nSPS) is 9.94. The molecule has 3 nitrogen and oxygen atoms in total. The Labute approximate surface area is 114 Å². The Morgan fingerprint density at radius 2 is 1.71 bits per heavy atom. The first-order valence-corrected chi connectivity index (χ1v) is 8.86. The summed E-state index contributed by atoms with van der Waals surface area (Å²) >= 11 is -0.0679. The van der Waals surface area contributed by atoms with Gasteiger partial charge >= 0.3 is 21.2 Å². The highest BCUT2D eigenvalue weighted by Gasteiger charge is 2.05. The molecule has 0 aliphatic carbocycles. The van der Waals surface area contributed by atoms with Crippen LogP contribution < -0.4 is 21.2 Å². The van der Waals surface area contributed by atoms with Gasteiger partial charge in [0.2, 0.25) is 3.57 Å². The Balaban J connectivity index is 0.000000437. The van der Waals surface area contributed by atoms with Crippen LogP contribution >= 0.6 is 0 Å². The molecule has 0 unspecified atom stereocenters. The SMILES string of the molecule is CC(C)C#C[I+]c1ccccc1.CS(=O)(=O)[O-]. The van der Waals surface area contributed by atoms with Gasteiger partial charge in [-0.1, -0.05) is 32.0 Å². The lowest BCUT2D eigenvalue weighted by atomic mass is 10.2. The Morgan fingerprint density at radius 3 is 2.12 bits per heavy atom. The Morgan fingerprint density at radius 1 is 1.24 bits per heavy atom. The van der Waals surface area contributed by atoms with E-state index in [9.17, 15) is 0 Å². The second-order valence-corrected chi connectivity index (χ2v) is 7.22. The molecule has 5 heteroatoms. The van der Waals surface area contributed by atoms with Crippen LogP contribution in [0.5, 0.6) is 0 Å². The molecule has 0 aromatic heterocycles. The summed E-state index contributed by atoms with van der Waals surface area (Å²) in [5.41, 5.74) is 0. The summed E-state index contributed by atoms with van der Waals surface area (Å²) in [4.78, 5) is 0. The Kier molecular flexibility index (Phi) is 8.21. The topological polar surface area (TPSA) is 57.2 Å². The number of hydrogen-bond acceptors (Lipinski definition) is 3. The zero-order valence-corrected chi connectivity index (χ0v) is 12.9. The van der Waals surface area contributed by atoms with Crippen molar-refractivity contribution >= 4 is 10.1 Å². The largest absolute Gasteiger partial charge is 0.748 e. The van der Waals surface area contributed by atoms with E-state index in [1.165, 1.54) is 3.57 Å². The highest BCUT2D eigenvalue weighted by atomic mass is 127. The smallest absolute Gasteiger partial charge is 0.419 e. The maximum atomic E-state index is 9.08. The van der Waals surface area contributed by atoms with E-state index in [4.69, 9.17) is 13.0 Å². The molecule has 1 aromatic rings. The number of halogens is 1. The minimum Gasteiger partial charge on any atom is -0.748 e. The van der Waals surface area contributed by atoms with E-state index in [-0.39, 0.29) is 21.2 Å². The summed E-state index contributed by atoms with van der Waals surface area (Å²) in [6.45, 7) is 4.25. The number of hydrogen-bond donors (Lipinski definition) is 0. The molecule has 0 radical (unpaired) electrons. The lowest BCUT2D eigenvalue weighted by Gasteiger charge is -1.90. The van der Waals surface area contributed by atoms with Crippen LogP contribution in [-0.4, -0.2) is 19.2 Å². The summed E-state index contributed by atoms with van der Waals surface area (Å²) in [5, 5.41) is 0. The van der Waals surface area contributed by atoms with Gasteiger partial charge < -0.3 is 4.55 Å². The Bertz CT molecular complexity index is 461. The van der Waals surface area contributed by atoms with E-state index in [2.05, 4.69) is 48.0 Å². The van der Waals surface area contributed by atoms with Crippen molar-refractivity contribution in [2.45, 2.75) is 13.8 Å². The minimum absolute atomic E-state index is 0.0679. The standard InChI is InChI=1S/C11H12I.CH4O3S/c1-10(2)8-9-12-11-6-4-3-5-7-11;1-5(2,3)4/h3-7,10H,1-2H3;1H3,(H,2,3,4)/q+1;/p-1. The lowest BCUT2D eigenvalue weighted by molar-refractivity contribution is -0.535. The molecule has 0 atom stereocenters. The van der Waals surface area contributed by atoms with Crippen molar-refractivity contribution in [2.24, 2.45) is 5.92 Å². The zero-order chi connectivity index (χ0) is 13.3. The van der Waals surface area contributed by atoms with Crippen molar-refractivity contribution in [3.63, 3.8) is 0 Å². The van der Waals surface area contributed by atoms with Gasteiger partial charge in [-0.05, 0) is 18.1 Å². The molecule has 94 valence electrons. The third kappa shape index (κ3) is 15.4. The van der Waals surface area contributed by atoms with Gasteiger partial charge in [-0.3, -0.25) is 0 Å². The van der Waals surface area contributed by atoms with E-state index in [1.54, 1.807) is 0 Å². The predicted octanol–water partition coefficient (Wildman–Crippen LogP) is -1.28. The van der Waals surface area contributed by atoms with Crippen molar-refractivity contribution in [1.82, 2.24) is 0 Å². The van der Waals surface area contributed by atoms with Crippen LogP contribution in [0.2, 0.25) is 0 Å². The molecule has 0 aliphatic heterocycles. The summed E-state index contributed by atoms with van der Waals surface area (Å²) in [6.07, 6.45) is 0.604. The second kappa shape index (κ2) is 8.50. The Hall–Kier alpha value is -0.580. The molecule has 0 heterocycles. The van der Waals surface area contributed by atoms with Crippen molar-refractivity contribution in [3.05, 3.63) is 33.9 Å². The van der Waals surface area contributed by atoms with Gasteiger partial charge in [0.25, 0.3) is 0 Å². The molecule has 0 amide bonds. The first-order chi connectivity index (χ1) is 7.79. The third-order valence-corrected chi connectivity index (χ3v) is 3.16. The van der Waals surface area contributed by atoms with E-state index in [0.29, 0.717) is 12.2 Å². The second-order valence-electron chi connectivity index (χ2n) is 3.49. The molecule has 1 aromatic carbocycles. The van der Waals surface area contributed by atoms with E-state index >= 15 is 0 Å². The fourth-order valence-electron chi connectivity index (χ4n) is 0.669. The summed E-state index contributed by atoms with van der Waals surface area (Å²) in [6, 6.07) is 10.5. The molecule has 17 heavy (non-hydrogen) atoms. The average Bonchev–Trinajstić information content (AvgIpc) is 2.16. The fourth-order valence-corrected chi connectivity index (χ4v) is 2.53. The molecule has 0 fully saturated rings. The van der Waals surface area contributed by atoms with E-state index in [0.717, 1.165) is 0 Å². The maximum Gasteiger partial charge on any atom is 0.419 e. The van der Waals surface area contributed by atoms with Gasteiger partial charge in [0.1, 0.15) is 0 Å². The van der Waals surface area contributed by atoms with Crippen molar-refractivity contribution in [2.75, 3.05) is 6.26 Å². The molecular formula is C12H15IO3S. The fraction of sp³-hybridized carbons (Fsp3) is 0.333. The summed E-state index contributed by atoms with van der Waals surface area (Å²) in [7, 11) is -3.92. The molecule has 1 rings (SSSR count). The van der Waals surface area contributed by atoms with Crippen LogP contribution in [0.4, 0.5) is 0 Å². The first-order valence-electron chi connectivity index (χ1n) is 4.89.